The molecule has 0 radical (unpaired) electrons. The number of sulfone groups is 1. The average Bonchev–Trinajstić information content (AvgIpc) is 0.715. The maximum absolute atomic E-state index is 14.0. The SMILES string of the molecule is Cc1cc(C)c(C)cc1C.Cc1ccc(-c2ccc(C)c(C)c2)cc1C.Cc1ccc(-c2ccc(C)c(C)c2)cc1C.Cc1ccc(C(=O)c2ccc(C)c(C)c2)cc1C.Cc1ccc(C(c2ccc(C)c(C)c2)(C(F)(F)F)C(F)(F)F)cc1C.Cc1ccc(S(=O)(=O)c2ccc(C)c(C)c2)cc1C. The summed E-state index contributed by atoms with van der Waals surface area (Å²) in [5.74, 6) is 0.0983. The summed E-state index contributed by atoms with van der Waals surface area (Å²) >= 11 is 0. The highest BCUT2D eigenvalue weighted by atomic mass is 32.2. The van der Waals surface area contributed by atoms with E-state index in [0.29, 0.717) is 32.0 Å². The quantitative estimate of drug-likeness (QED) is 0.113. The van der Waals surface area contributed by atoms with Gasteiger partial charge >= 0.3 is 12.4 Å². The van der Waals surface area contributed by atoms with Crippen molar-refractivity contribution in [2.24, 2.45) is 0 Å². The molecule has 10 heteroatoms. The molecule has 0 amide bonds. The summed E-state index contributed by atoms with van der Waals surface area (Å²) in [4.78, 5) is 13.1. The first-order valence-corrected chi connectivity index (χ1v) is 36.6. The lowest BCUT2D eigenvalue weighted by molar-refractivity contribution is -0.288. The van der Waals surface area contributed by atoms with Crippen LogP contribution in [-0.2, 0) is 15.3 Å². The van der Waals surface area contributed by atoms with Gasteiger partial charge in [0.05, 0.1) is 9.79 Å². The summed E-state index contributed by atoms with van der Waals surface area (Å²) in [7, 11) is -3.42. The average molecular weight is 1430 g/mol. The molecule has 0 aliphatic heterocycles. The molecule has 0 spiro atoms. The van der Waals surface area contributed by atoms with Gasteiger partial charge in [0.1, 0.15) is 0 Å². The van der Waals surface area contributed by atoms with E-state index in [1.807, 2.05) is 90.1 Å². The molecule has 0 aliphatic rings. The number of hydrogen-bond acceptors (Lipinski definition) is 3. The lowest BCUT2D eigenvalue weighted by atomic mass is 9.71. The van der Waals surface area contributed by atoms with Gasteiger partial charge in [-0.1, -0.05) is 158 Å². The van der Waals surface area contributed by atoms with Crippen LogP contribution in [0.2, 0.25) is 0 Å². The van der Waals surface area contributed by atoms with Gasteiger partial charge in [-0.15, -0.1) is 0 Å². The van der Waals surface area contributed by atoms with Gasteiger partial charge in [-0.25, -0.2) is 8.42 Å². The van der Waals surface area contributed by atoms with Crippen LogP contribution in [0.3, 0.4) is 0 Å². The molecule has 0 aliphatic carbocycles. The Bertz CT molecular complexity index is 4600. The number of benzene rings is 11. The minimum atomic E-state index is -5.55. The standard InChI is InChI=1S/C19H18F6.C17H18O.C16H18O2S.2C16H18.C10H14/c1-11-5-7-15(9-13(11)3)17(18(20,21)22,19(23,24)25)16-8-6-12(2)14(4)10-16;1-11-5-7-15(9-13(11)3)17(18)16-8-6-12(2)14(4)10-16;1-11-5-7-15(9-13(11)3)19(17,18)16-8-6-12(2)14(4)10-16;2*1-11-5-7-15(9-13(11)3)16-8-6-12(2)14(4)10-16;1-7-5-9(3)10(4)6-8(7)2/h5-10H,1-4H3;5-10H,1-4H3;5-10H,1-4H3;2*5-10H,1-4H3;5-6H,1-4H3. The fourth-order valence-electron chi connectivity index (χ4n) is 11.6. The van der Waals surface area contributed by atoms with Crippen LogP contribution in [0.4, 0.5) is 26.3 Å². The summed E-state index contributed by atoms with van der Waals surface area (Å²) in [6, 6.07) is 59.7. The smallest absolute Gasteiger partial charge is 0.289 e. The topological polar surface area (TPSA) is 51.2 Å². The van der Waals surface area contributed by atoms with E-state index in [1.54, 1.807) is 38.1 Å². The summed E-state index contributed by atoms with van der Waals surface area (Å²) in [6.45, 7) is 48.1. The van der Waals surface area contributed by atoms with Crippen molar-refractivity contribution in [3.63, 3.8) is 0 Å². The Labute approximate surface area is 617 Å². The molecule has 0 bridgehead atoms. The molecule has 0 fully saturated rings. The monoisotopic (exact) mass is 1430 g/mol. The van der Waals surface area contributed by atoms with Gasteiger partial charge in [-0.3, -0.25) is 4.79 Å². The maximum Gasteiger partial charge on any atom is 0.411 e. The number of rotatable bonds is 8. The van der Waals surface area contributed by atoms with Crippen molar-refractivity contribution in [2.75, 3.05) is 0 Å². The molecule has 0 N–H and O–H groups in total. The number of halogens is 6. The van der Waals surface area contributed by atoms with Crippen LogP contribution >= 0.6 is 0 Å². The molecule has 11 aromatic rings. The number of carbonyl (C=O) groups excluding carboxylic acids is 1. The van der Waals surface area contributed by atoms with Crippen LogP contribution in [0, 0.1) is 166 Å². The van der Waals surface area contributed by atoms with Crippen LogP contribution < -0.4 is 0 Å². The van der Waals surface area contributed by atoms with Crippen molar-refractivity contribution in [1.29, 1.82) is 0 Å². The van der Waals surface area contributed by atoms with Gasteiger partial charge in [0.2, 0.25) is 15.3 Å². The second kappa shape index (κ2) is 34.9. The van der Waals surface area contributed by atoms with Crippen LogP contribution in [-0.4, -0.2) is 26.6 Å². The van der Waals surface area contributed by atoms with E-state index >= 15 is 0 Å². The number of aryl methyl sites for hydroxylation is 24. The first-order valence-electron chi connectivity index (χ1n) is 35.1. The Hall–Kier alpha value is -9.38. The van der Waals surface area contributed by atoms with Crippen LogP contribution in [0.25, 0.3) is 22.3 Å². The van der Waals surface area contributed by atoms with Gasteiger partial charge < -0.3 is 0 Å². The zero-order valence-corrected chi connectivity index (χ0v) is 66.2. The first kappa shape index (κ1) is 83.6. The summed E-state index contributed by atoms with van der Waals surface area (Å²) in [6.07, 6.45) is -11.1. The predicted molar refractivity (Wildman–Crippen MR) is 424 cm³/mol. The van der Waals surface area contributed by atoms with Gasteiger partial charge in [0, 0.05) is 11.1 Å². The molecule has 0 saturated carbocycles. The van der Waals surface area contributed by atoms with Crippen molar-refractivity contribution in [2.45, 2.75) is 194 Å². The minimum absolute atomic E-state index is 0.0983. The Balaban J connectivity index is 0.000000199. The molecule has 11 aromatic carbocycles. The van der Waals surface area contributed by atoms with E-state index in [4.69, 9.17) is 0 Å². The summed E-state index contributed by atoms with van der Waals surface area (Å²) in [5, 5.41) is 0. The second-order valence-electron chi connectivity index (χ2n) is 28.5. The van der Waals surface area contributed by atoms with Crippen molar-refractivity contribution in [3.8, 4) is 22.3 Å². The summed E-state index contributed by atoms with van der Waals surface area (Å²) in [5.41, 5.74) is 28.4. The maximum atomic E-state index is 14.0. The third kappa shape index (κ3) is 20.5. The summed E-state index contributed by atoms with van der Waals surface area (Å²) < 4.78 is 109. The Morgan fingerprint density at radius 2 is 0.413 bits per heavy atom. The molecular formula is C94H104F6O3S. The van der Waals surface area contributed by atoms with Gasteiger partial charge in [0.15, 0.2) is 5.78 Å². The fraction of sp³-hybridized carbons (Fsp3) is 0.287. The fourth-order valence-corrected chi connectivity index (χ4v) is 13.0. The largest absolute Gasteiger partial charge is 0.411 e. The van der Waals surface area contributed by atoms with Gasteiger partial charge in [-0.2, -0.15) is 26.3 Å². The normalized spacial score (nSPS) is 11.3. The molecule has 104 heavy (non-hydrogen) atoms. The molecule has 0 unspecified atom stereocenters. The molecule has 0 aromatic heterocycles. The number of carbonyl (C=O) groups is 1. The van der Waals surface area contributed by atoms with Gasteiger partial charge in [-0.05, 0) is 369 Å². The molecule has 11 rings (SSSR count). The van der Waals surface area contributed by atoms with E-state index in [0.717, 1.165) is 68.8 Å². The third-order valence-electron chi connectivity index (χ3n) is 20.7. The highest BCUT2D eigenvalue weighted by Crippen LogP contribution is 2.56. The van der Waals surface area contributed by atoms with Crippen LogP contribution in [0.15, 0.2) is 204 Å². The molecule has 0 heterocycles. The number of hydrogen-bond donors (Lipinski definition) is 0. The number of alkyl halides is 6. The molecular weight excluding hydrogens is 1320 g/mol. The van der Waals surface area contributed by atoms with E-state index < -0.39 is 38.7 Å². The lowest BCUT2D eigenvalue weighted by Crippen LogP contribution is -2.54. The highest BCUT2D eigenvalue weighted by molar-refractivity contribution is 7.91. The third-order valence-corrected chi connectivity index (χ3v) is 22.4. The minimum Gasteiger partial charge on any atom is -0.289 e. The van der Waals surface area contributed by atoms with Gasteiger partial charge in [0.25, 0.3) is 0 Å². The van der Waals surface area contributed by atoms with E-state index in [9.17, 15) is 39.6 Å². The second-order valence-corrected chi connectivity index (χ2v) is 30.4. The lowest BCUT2D eigenvalue weighted by Gasteiger charge is -2.38. The molecule has 546 valence electrons. The Morgan fingerprint density at radius 3 is 0.625 bits per heavy atom. The van der Waals surface area contributed by atoms with Crippen LogP contribution in [0.5, 0.6) is 0 Å². The first-order chi connectivity index (χ1) is 48.4. The predicted octanol–water partition coefficient (Wildman–Crippen LogP) is 26.3. The van der Waals surface area contributed by atoms with Crippen molar-refractivity contribution < 1.29 is 39.6 Å². The Kier molecular flexibility index (Phi) is 28.1. The van der Waals surface area contributed by atoms with E-state index in [1.165, 1.54) is 126 Å². The van der Waals surface area contributed by atoms with Crippen molar-refractivity contribution in [3.05, 3.63) is 350 Å². The highest BCUT2D eigenvalue weighted by Gasteiger charge is 2.72. The molecule has 0 atom stereocenters. The number of ketones is 1. The van der Waals surface area contributed by atoms with Crippen molar-refractivity contribution >= 4 is 15.6 Å². The molecule has 0 saturated heterocycles. The molecule has 3 nitrogen and oxygen atoms in total. The van der Waals surface area contributed by atoms with E-state index in [-0.39, 0.29) is 5.78 Å². The zero-order valence-electron chi connectivity index (χ0n) is 65.4. The van der Waals surface area contributed by atoms with Crippen molar-refractivity contribution in [1.82, 2.24) is 0 Å². The van der Waals surface area contributed by atoms with E-state index in [2.05, 4.69) is 182 Å². The zero-order chi connectivity index (χ0) is 77.8. The Morgan fingerprint density at radius 1 is 0.221 bits per heavy atom. The van der Waals surface area contributed by atoms with Crippen LogP contribution in [0.1, 0.15) is 161 Å².